The molecule has 0 fully saturated rings. The molecule has 2 aromatic heterocycles. The van der Waals surface area contributed by atoms with E-state index >= 15 is 0 Å². The minimum absolute atomic E-state index is 0.0409. The number of aryl methyl sites for hydroxylation is 2. The molecule has 0 aliphatic heterocycles. The van der Waals surface area contributed by atoms with Crippen LogP contribution >= 0.6 is 11.3 Å². The Bertz CT molecular complexity index is 1050. The summed E-state index contributed by atoms with van der Waals surface area (Å²) in [4.78, 5) is 12.2. The molecule has 1 aromatic carbocycles. The third-order valence-corrected chi connectivity index (χ3v) is 5.59. The number of benzene rings is 1. The molecule has 5 nitrogen and oxygen atoms in total. The van der Waals surface area contributed by atoms with E-state index in [1.54, 1.807) is 17.9 Å². The molecule has 2 heterocycles. The molecule has 0 saturated heterocycles. The van der Waals surface area contributed by atoms with Crippen molar-refractivity contribution in [1.29, 1.82) is 0 Å². The van der Waals surface area contributed by atoms with E-state index in [2.05, 4.69) is 5.10 Å². The SMILES string of the molecule is Cn1ncc2c1-c1c(Oc3cccc(C(F)(F)F)c3)sc(C(N)=O)c1CC2. The van der Waals surface area contributed by atoms with Gasteiger partial charge >= 0.3 is 6.18 Å². The molecule has 0 bridgehead atoms. The van der Waals surface area contributed by atoms with Crippen LogP contribution in [0.15, 0.2) is 30.5 Å². The number of nitrogens with zero attached hydrogens (tertiary/aromatic N) is 2. The summed E-state index contributed by atoms with van der Waals surface area (Å²) >= 11 is 1.05. The first-order valence-electron chi connectivity index (χ1n) is 8.07. The van der Waals surface area contributed by atoms with Crippen LogP contribution < -0.4 is 10.5 Å². The Balaban J connectivity index is 1.84. The van der Waals surface area contributed by atoms with Gasteiger partial charge in [0.15, 0.2) is 5.06 Å². The summed E-state index contributed by atoms with van der Waals surface area (Å²) in [7, 11) is 1.77. The van der Waals surface area contributed by atoms with E-state index < -0.39 is 17.6 Å². The van der Waals surface area contributed by atoms with Gasteiger partial charge in [-0.25, -0.2) is 0 Å². The Kier molecular flexibility index (Phi) is 3.99. The zero-order valence-corrected chi connectivity index (χ0v) is 14.9. The Morgan fingerprint density at radius 3 is 2.81 bits per heavy atom. The smallest absolute Gasteiger partial charge is 0.416 e. The summed E-state index contributed by atoms with van der Waals surface area (Å²) in [6.45, 7) is 0. The molecule has 0 atom stereocenters. The fraction of sp³-hybridized carbons (Fsp3) is 0.222. The number of carbonyl (C=O) groups excluding carboxylic acids is 1. The number of halogens is 3. The first-order chi connectivity index (χ1) is 12.8. The minimum atomic E-state index is -4.47. The molecule has 0 saturated carbocycles. The molecule has 0 spiro atoms. The lowest BCUT2D eigenvalue weighted by molar-refractivity contribution is -0.137. The normalized spacial score (nSPS) is 13.2. The van der Waals surface area contributed by atoms with E-state index in [9.17, 15) is 18.0 Å². The number of aromatic nitrogens is 2. The van der Waals surface area contributed by atoms with Gasteiger partial charge in [0.05, 0.1) is 27.9 Å². The lowest BCUT2D eigenvalue weighted by Gasteiger charge is -2.16. The van der Waals surface area contributed by atoms with Crippen molar-refractivity contribution in [2.24, 2.45) is 12.8 Å². The summed E-state index contributed by atoms with van der Waals surface area (Å²) in [6.07, 6.45) is -1.43. The van der Waals surface area contributed by atoms with Crippen LogP contribution in [-0.4, -0.2) is 15.7 Å². The van der Waals surface area contributed by atoms with Gasteiger partial charge in [0.2, 0.25) is 0 Å². The van der Waals surface area contributed by atoms with Crippen molar-refractivity contribution in [3.8, 4) is 22.1 Å². The van der Waals surface area contributed by atoms with Gasteiger partial charge in [0.1, 0.15) is 5.75 Å². The van der Waals surface area contributed by atoms with Crippen molar-refractivity contribution in [3.05, 3.63) is 52.0 Å². The molecule has 2 N–H and O–H groups in total. The number of hydrogen-bond donors (Lipinski definition) is 1. The maximum Gasteiger partial charge on any atom is 0.416 e. The summed E-state index contributed by atoms with van der Waals surface area (Å²) in [6, 6.07) is 4.63. The standard InChI is InChI=1S/C18H14F3N3O2S/c1-24-14-9(8-23-24)5-6-12-13(14)17(27-15(12)16(22)25)26-11-4-2-3-10(7-11)18(19,20)21/h2-4,7-8H,5-6H2,1H3,(H2,22,25). The lowest BCUT2D eigenvalue weighted by Crippen LogP contribution is -2.13. The lowest BCUT2D eigenvalue weighted by atomic mass is 9.91. The number of fused-ring (bicyclic) bond motifs is 3. The second kappa shape index (κ2) is 6.12. The van der Waals surface area contributed by atoms with E-state index in [4.69, 9.17) is 10.5 Å². The van der Waals surface area contributed by atoms with Crippen molar-refractivity contribution < 1.29 is 22.7 Å². The molecular weight excluding hydrogens is 379 g/mol. The van der Waals surface area contributed by atoms with Gasteiger partial charge in [-0.15, -0.1) is 0 Å². The predicted octanol–water partition coefficient (Wildman–Crippen LogP) is 4.16. The second-order valence-corrected chi connectivity index (χ2v) is 7.19. The topological polar surface area (TPSA) is 70.1 Å². The first kappa shape index (κ1) is 17.6. The number of ether oxygens (including phenoxy) is 1. The van der Waals surface area contributed by atoms with Crippen molar-refractivity contribution in [2.45, 2.75) is 19.0 Å². The highest BCUT2D eigenvalue weighted by atomic mass is 32.1. The van der Waals surface area contributed by atoms with E-state index in [0.717, 1.165) is 40.3 Å². The summed E-state index contributed by atoms with van der Waals surface area (Å²) in [5, 5.41) is 4.58. The molecule has 1 aliphatic carbocycles. The Hall–Kier alpha value is -2.81. The largest absolute Gasteiger partial charge is 0.446 e. The van der Waals surface area contributed by atoms with Gasteiger partial charge in [-0.05, 0) is 42.2 Å². The Morgan fingerprint density at radius 2 is 2.11 bits per heavy atom. The Labute approximate surface area is 156 Å². The molecular formula is C18H14F3N3O2S. The number of primary amides is 1. The van der Waals surface area contributed by atoms with Gasteiger partial charge in [-0.2, -0.15) is 18.3 Å². The van der Waals surface area contributed by atoms with Crippen LogP contribution in [-0.2, 0) is 26.1 Å². The van der Waals surface area contributed by atoms with E-state index in [1.165, 1.54) is 12.1 Å². The number of alkyl halides is 3. The van der Waals surface area contributed by atoms with Gasteiger partial charge in [-0.3, -0.25) is 9.48 Å². The zero-order valence-electron chi connectivity index (χ0n) is 14.1. The quantitative estimate of drug-likeness (QED) is 0.727. The average Bonchev–Trinajstić information content (AvgIpc) is 3.15. The number of carbonyl (C=O) groups is 1. The van der Waals surface area contributed by atoms with Gasteiger partial charge in [0, 0.05) is 7.05 Å². The number of hydrogen-bond acceptors (Lipinski definition) is 4. The minimum Gasteiger partial charge on any atom is -0.446 e. The van der Waals surface area contributed by atoms with Crippen LogP contribution in [0.25, 0.3) is 11.3 Å². The maximum absolute atomic E-state index is 13.0. The zero-order chi connectivity index (χ0) is 19.3. The Morgan fingerprint density at radius 1 is 1.33 bits per heavy atom. The maximum atomic E-state index is 13.0. The van der Waals surface area contributed by atoms with Crippen molar-refractivity contribution in [3.63, 3.8) is 0 Å². The molecule has 4 rings (SSSR count). The highest BCUT2D eigenvalue weighted by Crippen LogP contribution is 2.48. The first-order valence-corrected chi connectivity index (χ1v) is 8.89. The molecule has 0 unspecified atom stereocenters. The van der Waals surface area contributed by atoms with Crippen LogP contribution in [0, 0.1) is 0 Å². The number of nitrogens with two attached hydrogens (primary N) is 1. The monoisotopic (exact) mass is 393 g/mol. The molecule has 0 radical (unpaired) electrons. The van der Waals surface area contributed by atoms with Gasteiger partial charge < -0.3 is 10.5 Å². The van der Waals surface area contributed by atoms with E-state index in [1.807, 2.05) is 0 Å². The summed E-state index contributed by atoms with van der Waals surface area (Å²) in [5.74, 6) is -0.542. The highest BCUT2D eigenvalue weighted by Gasteiger charge is 2.32. The average molecular weight is 393 g/mol. The van der Waals surface area contributed by atoms with Crippen LogP contribution in [0.5, 0.6) is 10.8 Å². The van der Waals surface area contributed by atoms with Gasteiger partial charge in [0.25, 0.3) is 5.91 Å². The van der Waals surface area contributed by atoms with Crippen LogP contribution in [0.3, 0.4) is 0 Å². The summed E-state index contributed by atoms with van der Waals surface area (Å²) < 4.78 is 46.4. The van der Waals surface area contributed by atoms with Crippen LogP contribution in [0.2, 0.25) is 0 Å². The summed E-state index contributed by atoms with van der Waals surface area (Å²) in [5.41, 5.74) is 7.92. The van der Waals surface area contributed by atoms with Crippen molar-refractivity contribution in [2.75, 3.05) is 0 Å². The van der Waals surface area contributed by atoms with E-state index in [0.29, 0.717) is 28.3 Å². The highest BCUT2D eigenvalue weighted by molar-refractivity contribution is 7.16. The molecule has 140 valence electrons. The predicted molar refractivity (Wildman–Crippen MR) is 94.0 cm³/mol. The number of amides is 1. The fourth-order valence-corrected chi connectivity index (χ4v) is 4.36. The van der Waals surface area contributed by atoms with Crippen molar-refractivity contribution in [1.82, 2.24) is 9.78 Å². The molecule has 27 heavy (non-hydrogen) atoms. The van der Waals surface area contributed by atoms with Gasteiger partial charge in [-0.1, -0.05) is 17.4 Å². The third kappa shape index (κ3) is 2.97. The fourth-order valence-electron chi connectivity index (χ4n) is 3.28. The molecule has 1 aliphatic rings. The second-order valence-electron chi connectivity index (χ2n) is 6.21. The molecule has 3 aromatic rings. The van der Waals surface area contributed by atoms with E-state index in [-0.39, 0.29) is 5.75 Å². The molecule has 9 heteroatoms. The van der Waals surface area contributed by atoms with Crippen LogP contribution in [0.4, 0.5) is 13.2 Å². The number of thiophene rings is 1. The van der Waals surface area contributed by atoms with Crippen molar-refractivity contribution >= 4 is 17.2 Å². The number of rotatable bonds is 3. The third-order valence-electron chi connectivity index (χ3n) is 4.47. The van der Waals surface area contributed by atoms with Crippen LogP contribution in [0.1, 0.15) is 26.4 Å². The molecule has 1 amide bonds.